The van der Waals surface area contributed by atoms with Crippen LogP contribution in [0.15, 0.2) is 30.5 Å². The lowest BCUT2D eigenvalue weighted by molar-refractivity contribution is 0.0589. The molecule has 0 aliphatic rings. The summed E-state index contributed by atoms with van der Waals surface area (Å²) < 4.78 is 0. The molecule has 0 aliphatic heterocycles. The van der Waals surface area contributed by atoms with E-state index < -0.39 is 17.0 Å². The third kappa shape index (κ3) is 2.88. The number of hydrogen-bond donors (Lipinski definition) is 4. The van der Waals surface area contributed by atoms with E-state index in [0.29, 0.717) is 6.42 Å². The van der Waals surface area contributed by atoms with Gasteiger partial charge in [0, 0.05) is 23.5 Å². The Kier molecular flexibility index (Phi) is 3.96. The minimum atomic E-state index is -1.13. The number of aliphatic hydroxyl groups excluding tert-OH is 1. The number of amides is 1. The predicted molar refractivity (Wildman–Crippen MR) is 82.4 cm³/mol. The van der Waals surface area contributed by atoms with Gasteiger partial charge in [-0.15, -0.1) is 0 Å². The molecule has 4 N–H and O–H groups in total. The van der Waals surface area contributed by atoms with E-state index in [2.05, 4.69) is 10.3 Å². The maximum Gasteiger partial charge on any atom is 0.405 e. The normalized spacial score (nSPS) is 14.9. The zero-order chi connectivity index (χ0) is 15.7. The molecule has 0 bridgehead atoms. The van der Waals surface area contributed by atoms with Gasteiger partial charge in [-0.3, -0.25) is 0 Å². The quantitative estimate of drug-likeness (QED) is 0.698. The number of para-hydroxylation sites is 1. The number of carbonyl (C=O) groups is 1. The summed E-state index contributed by atoms with van der Waals surface area (Å²) in [6.07, 6.45) is 1.17. The van der Waals surface area contributed by atoms with Gasteiger partial charge in [-0.25, -0.2) is 4.79 Å². The van der Waals surface area contributed by atoms with Crippen molar-refractivity contribution in [3.63, 3.8) is 0 Å². The average Bonchev–Trinajstić information content (AvgIpc) is 2.79. The second-order valence-electron chi connectivity index (χ2n) is 6.46. The Morgan fingerprint density at radius 3 is 2.52 bits per heavy atom. The second-order valence-corrected chi connectivity index (χ2v) is 6.46. The van der Waals surface area contributed by atoms with Crippen molar-refractivity contribution in [3.05, 3.63) is 36.0 Å². The van der Waals surface area contributed by atoms with Crippen molar-refractivity contribution in [1.82, 2.24) is 10.3 Å². The SMILES string of the molecule is CC(C)(C)[C@](CO)(Cc1c[nH]c2ccccc12)NC(=O)O. The van der Waals surface area contributed by atoms with Gasteiger partial charge in [-0.1, -0.05) is 39.0 Å². The summed E-state index contributed by atoms with van der Waals surface area (Å²) in [7, 11) is 0. The molecule has 1 aromatic carbocycles. The molecule has 0 unspecified atom stereocenters. The molecule has 114 valence electrons. The highest BCUT2D eigenvalue weighted by Crippen LogP contribution is 2.35. The summed E-state index contributed by atoms with van der Waals surface area (Å²) in [5.41, 5.74) is 0.620. The van der Waals surface area contributed by atoms with E-state index in [9.17, 15) is 9.90 Å². The van der Waals surface area contributed by atoms with Crippen LogP contribution in [0.2, 0.25) is 0 Å². The maximum atomic E-state index is 11.2. The Balaban J connectivity index is 2.45. The summed E-state index contributed by atoms with van der Waals surface area (Å²) in [5.74, 6) is 0. The number of H-pyrrole nitrogens is 1. The molecular formula is C16H22N2O3. The van der Waals surface area contributed by atoms with Crippen LogP contribution in [0.3, 0.4) is 0 Å². The van der Waals surface area contributed by atoms with E-state index in [1.54, 1.807) is 0 Å². The molecule has 0 radical (unpaired) electrons. The first-order chi connectivity index (χ1) is 9.79. The van der Waals surface area contributed by atoms with Gasteiger partial charge in [0.25, 0.3) is 0 Å². The molecule has 0 aliphatic carbocycles. The fourth-order valence-corrected chi connectivity index (χ4v) is 2.64. The van der Waals surface area contributed by atoms with Crippen molar-refractivity contribution >= 4 is 17.0 Å². The van der Waals surface area contributed by atoms with Crippen molar-refractivity contribution in [2.24, 2.45) is 5.41 Å². The number of aromatic nitrogens is 1. The number of benzene rings is 1. The van der Waals surface area contributed by atoms with Crippen molar-refractivity contribution < 1.29 is 15.0 Å². The Bertz CT molecular complexity index is 642. The fourth-order valence-electron chi connectivity index (χ4n) is 2.64. The number of nitrogens with one attached hydrogen (secondary N) is 2. The number of carboxylic acid groups (broad SMARTS) is 1. The first kappa shape index (κ1) is 15.4. The highest BCUT2D eigenvalue weighted by atomic mass is 16.4. The van der Waals surface area contributed by atoms with Gasteiger partial charge < -0.3 is 20.5 Å². The fraction of sp³-hybridized carbons (Fsp3) is 0.438. The van der Waals surface area contributed by atoms with Crippen molar-refractivity contribution in [2.75, 3.05) is 6.61 Å². The summed E-state index contributed by atoms with van der Waals surface area (Å²) in [6.45, 7) is 5.51. The van der Waals surface area contributed by atoms with Crippen molar-refractivity contribution in [3.8, 4) is 0 Å². The van der Waals surface area contributed by atoms with Gasteiger partial charge in [-0.05, 0) is 17.0 Å². The number of aliphatic hydroxyl groups is 1. The van der Waals surface area contributed by atoms with E-state index in [-0.39, 0.29) is 6.61 Å². The van der Waals surface area contributed by atoms with E-state index in [0.717, 1.165) is 16.5 Å². The van der Waals surface area contributed by atoms with E-state index in [1.807, 2.05) is 51.2 Å². The molecule has 1 atom stereocenters. The molecule has 2 rings (SSSR count). The van der Waals surface area contributed by atoms with Gasteiger partial charge in [0.05, 0.1) is 12.1 Å². The van der Waals surface area contributed by atoms with E-state index in [4.69, 9.17) is 5.11 Å². The molecule has 1 aromatic heterocycles. The van der Waals surface area contributed by atoms with Gasteiger partial charge >= 0.3 is 6.09 Å². The monoisotopic (exact) mass is 290 g/mol. The molecule has 0 fully saturated rings. The molecule has 2 aromatic rings. The lowest BCUT2D eigenvalue weighted by Crippen LogP contribution is -2.60. The largest absolute Gasteiger partial charge is 0.465 e. The van der Waals surface area contributed by atoms with Crippen LogP contribution < -0.4 is 5.32 Å². The van der Waals surface area contributed by atoms with Crippen molar-refractivity contribution in [1.29, 1.82) is 0 Å². The smallest absolute Gasteiger partial charge is 0.405 e. The lowest BCUT2D eigenvalue weighted by atomic mass is 9.70. The minimum absolute atomic E-state index is 0.262. The second kappa shape index (κ2) is 5.41. The predicted octanol–water partition coefficient (Wildman–Crippen LogP) is 2.76. The van der Waals surface area contributed by atoms with Crippen LogP contribution in [0, 0.1) is 5.41 Å². The average molecular weight is 290 g/mol. The van der Waals surface area contributed by atoms with Gasteiger partial charge in [-0.2, -0.15) is 0 Å². The molecule has 0 spiro atoms. The zero-order valence-corrected chi connectivity index (χ0v) is 12.6. The number of aromatic amines is 1. The first-order valence-electron chi connectivity index (χ1n) is 6.96. The summed E-state index contributed by atoms with van der Waals surface area (Å²) in [6, 6.07) is 7.86. The third-order valence-electron chi connectivity index (χ3n) is 4.22. The first-order valence-corrected chi connectivity index (χ1v) is 6.96. The Morgan fingerprint density at radius 2 is 1.95 bits per heavy atom. The number of fused-ring (bicyclic) bond motifs is 1. The van der Waals surface area contributed by atoms with E-state index in [1.165, 1.54) is 0 Å². The summed E-state index contributed by atoms with van der Waals surface area (Å²) in [5, 5.41) is 22.6. The van der Waals surface area contributed by atoms with Crippen LogP contribution in [0.25, 0.3) is 10.9 Å². The van der Waals surface area contributed by atoms with E-state index >= 15 is 0 Å². The Morgan fingerprint density at radius 1 is 1.29 bits per heavy atom. The molecule has 0 saturated heterocycles. The van der Waals surface area contributed by atoms with Crippen LogP contribution in [0.1, 0.15) is 26.3 Å². The topological polar surface area (TPSA) is 85.4 Å². The third-order valence-corrected chi connectivity index (χ3v) is 4.22. The summed E-state index contributed by atoms with van der Waals surface area (Å²) >= 11 is 0. The van der Waals surface area contributed by atoms with Gasteiger partial charge in [0.1, 0.15) is 0 Å². The van der Waals surface area contributed by atoms with Crippen LogP contribution >= 0.6 is 0 Å². The lowest BCUT2D eigenvalue weighted by Gasteiger charge is -2.43. The van der Waals surface area contributed by atoms with Crippen LogP contribution in [0.5, 0.6) is 0 Å². The highest BCUT2D eigenvalue weighted by molar-refractivity contribution is 5.83. The van der Waals surface area contributed by atoms with Gasteiger partial charge in [0.15, 0.2) is 0 Å². The minimum Gasteiger partial charge on any atom is -0.465 e. The molecule has 1 heterocycles. The van der Waals surface area contributed by atoms with Crippen molar-refractivity contribution in [2.45, 2.75) is 32.7 Å². The molecule has 21 heavy (non-hydrogen) atoms. The standard InChI is InChI=1S/C16H22N2O3/c1-15(2,3)16(10-19,18-14(20)21)8-11-9-17-13-7-5-4-6-12(11)13/h4-7,9,17-19H,8,10H2,1-3H3,(H,20,21)/t16-/m1/s1. The van der Waals surface area contributed by atoms with Crippen LogP contribution in [-0.4, -0.2) is 33.4 Å². The Labute approximate surface area is 124 Å². The van der Waals surface area contributed by atoms with Crippen LogP contribution in [0.4, 0.5) is 4.79 Å². The van der Waals surface area contributed by atoms with Crippen LogP contribution in [-0.2, 0) is 6.42 Å². The molecule has 0 saturated carbocycles. The van der Waals surface area contributed by atoms with Gasteiger partial charge in [0.2, 0.25) is 0 Å². The molecule has 1 amide bonds. The summed E-state index contributed by atoms with van der Waals surface area (Å²) in [4.78, 5) is 14.4. The molecule has 5 nitrogen and oxygen atoms in total. The molecular weight excluding hydrogens is 268 g/mol. The molecule has 5 heteroatoms. The Hall–Kier alpha value is -2.01. The maximum absolute atomic E-state index is 11.2. The zero-order valence-electron chi connectivity index (χ0n) is 12.6. The number of hydrogen-bond acceptors (Lipinski definition) is 2. The number of rotatable bonds is 4. The highest BCUT2D eigenvalue weighted by Gasteiger charge is 2.43.